The van der Waals surface area contributed by atoms with Gasteiger partial charge in [-0.1, -0.05) is 12.1 Å². The molecular weight excluding hydrogens is 384 g/mol. The van der Waals surface area contributed by atoms with Crippen LogP contribution in [0.15, 0.2) is 48.5 Å². The number of carbonyl (C=O) groups excluding carboxylic acids is 2. The maximum Gasteiger partial charge on any atom is 0.253 e. The van der Waals surface area contributed by atoms with Crippen molar-refractivity contribution >= 4 is 34.5 Å². The Morgan fingerprint density at radius 2 is 1.90 bits per heavy atom. The number of benzene rings is 2. The zero-order valence-corrected chi connectivity index (χ0v) is 17.0. The predicted octanol–water partition coefficient (Wildman–Crippen LogP) is 3.00. The Hall–Kier alpha value is -3.39. The number of hydrogen-bond donors (Lipinski definition) is 1. The zero-order valence-electron chi connectivity index (χ0n) is 17.0. The van der Waals surface area contributed by atoms with Crippen molar-refractivity contribution in [2.24, 2.45) is 0 Å². The predicted molar refractivity (Wildman–Crippen MR) is 114 cm³/mol. The van der Waals surface area contributed by atoms with E-state index in [4.69, 9.17) is 9.47 Å². The summed E-state index contributed by atoms with van der Waals surface area (Å²) in [5.74, 6) is 0.935. The second kappa shape index (κ2) is 8.54. The number of methoxy groups -OCH3 is 2. The molecule has 0 unspecified atom stereocenters. The Balaban J connectivity index is 1.57. The van der Waals surface area contributed by atoms with Crippen molar-refractivity contribution < 1.29 is 19.1 Å². The van der Waals surface area contributed by atoms with Gasteiger partial charge in [0.2, 0.25) is 11.9 Å². The third-order valence-electron chi connectivity index (χ3n) is 5.16. The number of imidazole rings is 1. The lowest BCUT2D eigenvalue weighted by atomic mass is 10.1. The van der Waals surface area contributed by atoms with Crippen LogP contribution in [0.2, 0.25) is 0 Å². The summed E-state index contributed by atoms with van der Waals surface area (Å²) < 4.78 is 12.1. The summed E-state index contributed by atoms with van der Waals surface area (Å²) in [5.41, 5.74) is 2.30. The Kier molecular flexibility index (Phi) is 5.67. The van der Waals surface area contributed by atoms with Crippen molar-refractivity contribution in [1.82, 2.24) is 9.55 Å². The number of para-hydroxylation sites is 2. The monoisotopic (exact) mass is 408 g/mol. The number of rotatable bonds is 8. The van der Waals surface area contributed by atoms with E-state index in [0.717, 1.165) is 11.0 Å². The average molecular weight is 408 g/mol. The molecule has 4 rings (SSSR count). The molecule has 1 atom stereocenters. The van der Waals surface area contributed by atoms with Crippen molar-refractivity contribution in [1.29, 1.82) is 0 Å². The van der Waals surface area contributed by atoms with Crippen molar-refractivity contribution in [2.75, 3.05) is 37.6 Å². The van der Waals surface area contributed by atoms with Crippen LogP contribution in [0.3, 0.4) is 0 Å². The molecule has 3 aromatic rings. The molecule has 1 N–H and O–H groups in total. The van der Waals surface area contributed by atoms with Crippen molar-refractivity contribution in [3.05, 3.63) is 48.5 Å². The fourth-order valence-electron chi connectivity index (χ4n) is 3.74. The molecule has 156 valence electrons. The molecule has 2 heterocycles. The molecule has 2 amide bonds. The first-order valence-electron chi connectivity index (χ1n) is 9.83. The molecule has 0 bridgehead atoms. The second-order valence-corrected chi connectivity index (χ2v) is 7.10. The topological polar surface area (TPSA) is 85.7 Å². The van der Waals surface area contributed by atoms with E-state index in [9.17, 15) is 9.59 Å². The quantitative estimate of drug-likeness (QED) is 0.579. The van der Waals surface area contributed by atoms with Gasteiger partial charge in [-0.2, -0.15) is 0 Å². The summed E-state index contributed by atoms with van der Waals surface area (Å²) in [4.78, 5) is 32.2. The number of carbonyl (C=O) groups is 2. The molecule has 0 radical (unpaired) electrons. The molecule has 1 aliphatic rings. The van der Waals surface area contributed by atoms with E-state index >= 15 is 0 Å². The largest absolute Gasteiger partial charge is 0.497 e. The molecule has 30 heavy (non-hydrogen) atoms. The smallest absolute Gasteiger partial charge is 0.253 e. The Morgan fingerprint density at radius 3 is 2.63 bits per heavy atom. The summed E-state index contributed by atoms with van der Waals surface area (Å²) >= 11 is 0. The van der Waals surface area contributed by atoms with Gasteiger partial charge in [-0.15, -0.1) is 0 Å². The van der Waals surface area contributed by atoms with Gasteiger partial charge in [-0.25, -0.2) is 4.98 Å². The maximum absolute atomic E-state index is 13.2. The minimum Gasteiger partial charge on any atom is -0.497 e. The Morgan fingerprint density at radius 1 is 1.13 bits per heavy atom. The van der Waals surface area contributed by atoms with E-state index in [1.54, 1.807) is 43.4 Å². The standard InChI is InChI=1S/C22H24N4O4/c1-29-13-5-12-25-21(28)19(26-18-7-4-3-6-17(18)24-22(25)26)14-20(27)23-15-8-10-16(30-2)11-9-15/h3-4,6-11,19H,5,12-14H2,1-2H3,(H,23,27)/t19-/m1/s1. The van der Waals surface area contributed by atoms with E-state index in [1.807, 2.05) is 28.8 Å². The summed E-state index contributed by atoms with van der Waals surface area (Å²) in [6, 6.07) is 14.1. The first-order chi connectivity index (χ1) is 14.6. The second-order valence-electron chi connectivity index (χ2n) is 7.10. The number of nitrogens with zero attached hydrogens (tertiary/aromatic N) is 3. The highest BCUT2D eigenvalue weighted by molar-refractivity contribution is 6.05. The highest BCUT2D eigenvalue weighted by Gasteiger charge is 2.40. The van der Waals surface area contributed by atoms with Crippen molar-refractivity contribution in [2.45, 2.75) is 18.9 Å². The van der Waals surface area contributed by atoms with E-state index in [1.165, 1.54) is 0 Å². The molecule has 0 aliphatic carbocycles. The molecule has 8 heteroatoms. The Bertz CT molecular complexity index is 1060. The first kappa shape index (κ1) is 19.9. The number of aromatic nitrogens is 2. The average Bonchev–Trinajstić information content (AvgIpc) is 3.24. The summed E-state index contributed by atoms with van der Waals surface area (Å²) in [7, 11) is 3.22. The van der Waals surface area contributed by atoms with Crippen LogP contribution in [0.4, 0.5) is 11.6 Å². The minimum absolute atomic E-state index is 0.0268. The van der Waals surface area contributed by atoms with Gasteiger partial charge in [-0.3, -0.25) is 19.1 Å². The lowest BCUT2D eigenvalue weighted by Gasteiger charge is -2.15. The van der Waals surface area contributed by atoms with Crippen LogP contribution in [0, 0.1) is 0 Å². The lowest BCUT2D eigenvalue weighted by molar-refractivity contribution is -0.124. The van der Waals surface area contributed by atoms with E-state index in [-0.39, 0.29) is 18.2 Å². The molecule has 2 aromatic carbocycles. The fraction of sp³-hybridized carbons (Fsp3) is 0.318. The molecule has 0 saturated carbocycles. The summed E-state index contributed by atoms with van der Waals surface area (Å²) in [6.45, 7) is 1.04. The zero-order chi connectivity index (χ0) is 21.1. The van der Waals surface area contributed by atoms with Crippen LogP contribution < -0.4 is 15.0 Å². The van der Waals surface area contributed by atoms with Crippen molar-refractivity contribution in [3.8, 4) is 5.75 Å². The highest BCUT2D eigenvalue weighted by atomic mass is 16.5. The van der Waals surface area contributed by atoms with E-state index in [0.29, 0.717) is 37.0 Å². The lowest BCUT2D eigenvalue weighted by Crippen LogP contribution is -2.32. The summed E-state index contributed by atoms with van der Waals surface area (Å²) in [6.07, 6.45) is 0.717. The van der Waals surface area contributed by atoms with Crippen molar-refractivity contribution in [3.63, 3.8) is 0 Å². The normalized spacial score (nSPS) is 15.5. The van der Waals surface area contributed by atoms with Gasteiger partial charge >= 0.3 is 0 Å². The van der Waals surface area contributed by atoms with Crippen LogP contribution in [-0.4, -0.2) is 48.7 Å². The number of anilines is 2. The highest BCUT2D eigenvalue weighted by Crippen LogP contribution is 2.36. The van der Waals surface area contributed by atoms with Gasteiger partial charge in [0, 0.05) is 25.9 Å². The van der Waals surface area contributed by atoms with Gasteiger partial charge in [0.15, 0.2) is 0 Å². The number of amides is 2. The van der Waals surface area contributed by atoms with Crippen LogP contribution >= 0.6 is 0 Å². The molecule has 0 fully saturated rings. The molecule has 0 saturated heterocycles. The van der Waals surface area contributed by atoms with Gasteiger partial charge in [0.1, 0.15) is 11.8 Å². The fourth-order valence-corrected chi connectivity index (χ4v) is 3.74. The molecular formula is C22H24N4O4. The molecule has 8 nitrogen and oxygen atoms in total. The summed E-state index contributed by atoms with van der Waals surface area (Å²) in [5, 5.41) is 2.86. The molecule has 1 aromatic heterocycles. The van der Waals surface area contributed by atoms with Gasteiger partial charge in [0.05, 0.1) is 24.6 Å². The van der Waals surface area contributed by atoms with Gasteiger partial charge in [0.25, 0.3) is 5.91 Å². The Labute approximate surface area is 174 Å². The number of nitrogens with one attached hydrogen (secondary N) is 1. The maximum atomic E-state index is 13.2. The van der Waals surface area contributed by atoms with E-state index < -0.39 is 6.04 Å². The van der Waals surface area contributed by atoms with Gasteiger partial charge < -0.3 is 14.8 Å². The number of fused-ring (bicyclic) bond motifs is 3. The first-order valence-corrected chi connectivity index (χ1v) is 9.83. The van der Waals surface area contributed by atoms with E-state index in [2.05, 4.69) is 10.3 Å². The molecule has 0 spiro atoms. The number of hydrogen-bond acceptors (Lipinski definition) is 5. The van der Waals surface area contributed by atoms with Gasteiger partial charge in [-0.05, 0) is 42.8 Å². The SMILES string of the molecule is COCCCN1C(=O)[C@@H](CC(=O)Nc2ccc(OC)cc2)n2c1nc1ccccc12. The van der Waals surface area contributed by atoms with Crippen LogP contribution in [0.25, 0.3) is 11.0 Å². The third kappa shape index (κ3) is 3.73. The molecule has 1 aliphatic heterocycles. The van der Waals surface area contributed by atoms with Crippen LogP contribution in [0.1, 0.15) is 18.9 Å². The third-order valence-corrected chi connectivity index (χ3v) is 5.16. The minimum atomic E-state index is -0.631. The van der Waals surface area contributed by atoms with Crippen LogP contribution in [0.5, 0.6) is 5.75 Å². The van der Waals surface area contributed by atoms with Crippen LogP contribution in [-0.2, 0) is 14.3 Å². The number of ether oxygens (including phenoxy) is 2.